The Labute approximate surface area is 205 Å². The smallest absolute Gasteiger partial charge is 0.191 e. The number of hydrogen-bond donors (Lipinski definition) is 2. The topological polar surface area (TPSA) is 58.1 Å². The van der Waals surface area contributed by atoms with Gasteiger partial charge in [0, 0.05) is 58.6 Å². The Kier molecular flexibility index (Phi) is 12.8. The first kappa shape index (κ1) is 26.4. The van der Waals surface area contributed by atoms with E-state index in [0.29, 0.717) is 12.1 Å². The Morgan fingerprint density at radius 3 is 2.61 bits per heavy atom. The zero-order valence-corrected chi connectivity index (χ0v) is 21.6. The Bertz CT molecular complexity index is 644. The highest BCUT2D eigenvalue weighted by Gasteiger charge is 2.20. The van der Waals surface area contributed by atoms with Gasteiger partial charge < -0.3 is 20.1 Å². The lowest BCUT2D eigenvalue weighted by Crippen LogP contribution is -2.48. The van der Waals surface area contributed by atoms with Crippen LogP contribution in [0.2, 0.25) is 0 Å². The molecule has 1 aromatic carbocycles. The average molecular weight is 545 g/mol. The molecule has 31 heavy (non-hydrogen) atoms. The quantitative estimate of drug-likeness (QED) is 0.215. The normalized spacial score (nSPS) is 19.1. The van der Waals surface area contributed by atoms with Gasteiger partial charge in [0.1, 0.15) is 0 Å². The SMILES string of the molecule is CCNC(=NCCCOC1CCOCC1)NC1CCN(Cc2ccccc2C)CC1.I. The summed E-state index contributed by atoms with van der Waals surface area (Å²) in [6.45, 7) is 11.8. The molecule has 1 aromatic rings. The van der Waals surface area contributed by atoms with Crippen LogP contribution < -0.4 is 10.6 Å². The van der Waals surface area contributed by atoms with Crippen molar-refractivity contribution < 1.29 is 9.47 Å². The molecule has 0 unspecified atom stereocenters. The first-order valence-electron chi connectivity index (χ1n) is 11.8. The molecule has 0 bridgehead atoms. The molecule has 0 aromatic heterocycles. The predicted octanol–water partition coefficient (Wildman–Crippen LogP) is 3.72. The van der Waals surface area contributed by atoms with Crippen LogP contribution in [0.1, 0.15) is 50.2 Å². The van der Waals surface area contributed by atoms with Crippen molar-refractivity contribution in [3.8, 4) is 0 Å². The van der Waals surface area contributed by atoms with Crippen molar-refractivity contribution in [3.05, 3.63) is 35.4 Å². The van der Waals surface area contributed by atoms with Crippen molar-refractivity contribution in [2.45, 2.75) is 64.6 Å². The molecule has 2 heterocycles. The minimum Gasteiger partial charge on any atom is -0.381 e. The van der Waals surface area contributed by atoms with E-state index in [9.17, 15) is 0 Å². The van der Waals surface area contributed by atoms with E-state index in [2.05, 4.69) is 53.6 Å². The standard InChI is InChI=1S/C24H40N4O2.HI/c1-3-25-24(26-13-6-16-30-23-11-17-29-18-12-23)27-22-9-14-28(15-10-22)19-21-8-5-4-7-20(21)2;/h4-5,7-8,22-23H,3,6,9-19H2,1-2H3,(H2,25,26,27);1H. The van der Waals surface area contributed by atoms with Crippen LogP contribution in [-0.4, -0.2) is 69.0 Å². The molecule has 2 saturated heterocycles. The molecule has 6 nitrogen and oxygen atoms in total. The van der Waals surface area contributed by atoms with E-state index < -0.39 is 0 Å². The summed E-state index contributed by atoms with van der Waals surface area (Å²) in [6, 6.07) is 9.21. The van der Waals surface area contributed by atoms with Gasteiger partial charge in [-0.05, 0) is 57.1 Å². The number of guanidine groups is 1. The number of piperidine rings is 1. The van der Waals surface area contributed by atoms with Crippen LogP contribution in [0, 0.1) is 6.92 Å². The van der Waals surface area contributed by atoms with Crippen LogP contribution >= 0.6 is 24.0 Å². The molecular formula is C24H41IN4O2. The van der Waals surface area contributed by atoms with Gasteiger partial charge in [-0.25, -0.2) is 0 Å². The fourth-order valence-electron chi connectivity index (χ4n) is 4.13. The molecule has 3 rings (SSSR count). The fraction of sp³-hybridized carbons (Fsp3) is 0.708. The molecule has 2 fully saturated rings. The number of likely N-dealkylation sites (tertiary alicyclic amines) is 1. The van der Waals surface area contributed by atoms with Gasteiger partial charge in [0.25, 0.3) is 0 Å². The maximum atomic E-state index is 5.95. The van der Waals surface area contributed by atoms with Crippen LogP contribution in [0.4, 0.5) is 0 Å². The summed E-state index contributed by atoms with van der Waals surface area (Å²) in [5.74, 6) is 0.945. The molecule has 0 saturated carbocycles. The van der Waals surface area contributed by atoms with Crippen LogP contribution in [0.25, 0.3) is 0 Å². The number of rotatable bonds is 9. The van der Waals surface area contributed by atoms with E-state index in [1.165, 1.54) is 11.1 Å². The summed E-state index contributed by atoms with van der Waals surface area (Å²) < 4.78 is 11.3. The first-order valence-corrected chi connectivity index (χ1v) is 11.8. The third-order valence-electron chi connectivity index (χ3n) is 6.02. The number of nitrogens with one attached hydrogen (secondary N) is 2. The number of benzene rings is 1. The van der Waals surface area contributed by atoms with Crippen molar-refractivity contribution >= 4 is 29.9 Å². The summed E-state index contributed by atoms with van der Waals surface area (Å²) in [5, 5.41) is 7.04. The molecule has 2 aliphatic heterocycles. The van der Waals surface area contributed by atoms with Crippen molar-refractivity contribution in [2.75, 3.05) is 46.0 Å². The highest BCUT2D eigenvalue weighted by Crippen LogP contribution is 2.16. The lowest BCUT2D eigenvalue weighted by atomic mass is 10.0. The number of halogens is 1. The van der Waals surface area contributed by atoms with Crippen molar-refractivity contribution in [1.82, 2.24) is 15.5 Å². The highest BCUT2D eigenvalue weighted by atomic mass is 127. The Morgan fingerprint density at radius 2 is 1.90 bits per heavy atom. The van der Waals surface area contributed by atoms with Crippen LogP contribution in [0.15, 0.2) is 29.3 Å². The summed E-state index contributed by atoms with van der Waals surface area (Å²) >= 11 is 0. The van der Waals surface area contributed by atoms with Crippen molar-refractivity contribution in [2.24, 2.45) is 4.99 Å². The second-order valence-corrected chi connectivity index (χ2v) is 8.42. The maximum Gasteiger partial charge on any atom is 0.191 e. The van der Waals surface area contributed by atoms with Crippen LogP contribution in [0.5, 0.6) is 0 Å². The van der Waals surface area contributed by atoms with Gasteiger partial charge in [0.15, 0.2) is 5.96 Å². The van der Waals surface area contributed by atoms with Gasteiger partial charge in [-0.2, -0.15) is 0 Å². The largest absolute Gasteiger partial charge is 0.381 e. The van der Waals surface area contributed by atoms with Crippen molar-refractivity contribution in [1.29, 1.82) is 0 Å². The third-order valence-corrected chi connectivity index (χ3v) is 6.02. The van der Waals surface area contributed by atoms with Crippen LogP contribution in [0.3, 0.4) is 0 Å². The van der Waals surface area contributed by atoms with Gasteiger partial charge in [-0.3, -0.25) is 9.89 Å². The molecule has 2 N–H and O–H groups in total. The van der Waals surface area contributed by atoms with Gasteiger partial charge in [-0.1, -0.05) is 24.3 Å². The van der Waals surface area contributed by atoms with Crippen molar-refractivity contribution in [3.63, 3.8) is 0 Å². The summed E-state index contributed by atoms with van der Waals surface area (Å²) in [6.07, 6.45) is 5.69. The molecule has 7 heteroatoms. The molecule has 0 aliphatic carbocycles. The molecule has 2 aliphatic rings. The lowest BCUT2D eigenvalue weighted by molar-refractivity contribution is -0.0318. The third kappa shape index (κ3) is 9.63. The molecule has 176 valence electrons. The second kappa shape index (κ2) is 15.0. The number of aliphatic imine (C=N–C) groups is 1. The number of hydrogen-bond acceptors (Lipinski definition) is 4. The number of ether oxygens (including phenoxy) is 2. The molecule has 0 spiro atoms. The highest BCUT2D eigenvalue weighted by molar-refractivity contribution is 14.0. The van der Waals surface area contributed by atoms with Gasteiger partial charge in [-0.15, -0.1) is 24.0 Å². The minimum atomic E-state index is 0. The molecular weight excluding hydrogens is 503 g/mol. The second-order valence-electron chi connectivity index (χ2n) is 8.42. The summed E-state index contributed by atoms with van der Waals surface area (Å²) in [4.78, 5) is 7.33. The summed E-state index contributed by atoms with van der Waals surface area (Å²) in [5.41, 5.74) is 2.84. The first-order chi connectivity index (χ1) is 14.7. The van der Waals surface area contributed by atoms with E-state index in [1.54, 1.807) is 0 Å². The maximum absolute atomic E-state index is 5.95. The average Bonchev–Trinajstić information content (AvgIpc) is 2.77. The Hall–Kier alpha value is -0.900. The van der Waals surface area contributed by atoms with Gasteiger partial charge in [0.05, 0.1) is 6.10 Å². The van der Waals surface area contributed by atoms with Crippen LogP contribution in [-0.2, 0) is 16.0 Å². The minimum absolute atomic E-state index is 0. The molecule has 0 amide bonds. The van der Waals surface area contributed by atoms with E-state index in [4.69, 9.17) is 14.5 Å². The number of nitrogens with zero attached hydrogens (tertiary/aromatic N) is 2. The van der Waals surface area contributed by atoms with E-state index >= 15 is 0 Å². The predicted molar refractivity (Wildman–Crippen MR) is 138 cm³/mol. The van der Waals surface area contributed by atoms with Gasteiger partial charge >= 0.3 is 0 Å². The zero-order valence-electron chi connectivity index (χ0n) is 19.3. The van der Waals surface area contributed by atoms with E-state index in [0.717, 1.165) is 90.6 Å². The monoisotopic (exact) mass is 544 g/mol. The lowest BCUT2D eigenvalue weighted by Gasteiger charge is -2.33. The summed E-state index contributed by atoms with van der Waals surface area (Å²) in [7, 11) is 0. The molecule has 0 radical (unpaired) electrons. The Morgan fingerprint density at radius 1 is 1.16 bits per heavy atom. The van der Waals surface area contributed by atoms with E-state index in [-0.39, 0.29) is 24.0 Å². The van der Waals surface area contributed by atoms with Gasteiger partial charge in [0.2, 0.25) is 0 Å². The number of aryl methyl sites for hydroxylation is 1. The van der Waals surface area contributed by atoms with E-state index in [1.807, 2.05) is 0 Å². The molecule has 0 atom stereocenters. The zero-order chi connectivity index (χ0) is 21.0. The Balaban J connectivity index is 0.00000341. The fourth-order valence-corrected chi connectivity index (χ4v) is 4.13.